The predicted molar refractivity (Wildman–Crippen MR) is 122 cm³/mol. The van der Waals surface area contributed by atoms with Crippen LogP contribution < -0.4 is 15.7 Å². The van der Waals surface area contributed by atoms with Crippen LogP contribution in [0.3, 0.4) is 0 Å². The van der Waals surface area contributed by atoms with Crippen molar-refractivity contribution in [3.63, 3.8) is 0 Å². The molecule has 8 heteroatoms. The highest BCUT2D eigenvalue weighted by Gasteiger charge is 2.24. The number of rotatable bonds is 8. The second-order valence-electron chi connectivity index (χ2n) is 8.70. The van der Waals surface area contributed by atoms with Gasteiger partial charge in [-0.25, -0.2) is 9.18 Å². The summed E-state index contributed by atoms with van der Waals surface area (Å²) in [6, 6.07) is 2.68. The molecule has 1 amide bonds. The molecule has 2 aromatic rings. The van der Waals surface area contributed by atoms with E-state index in [2.05, 4.69) is 17.3 Å². The molecule has 1 aromatic heterocycles. The molecule has 0 radical (unpaired) electrons. The van der Waals surface area contributed by atoms with Crippen LogP contribution in [0, 0.1) is 5.82 Å². The number of halogens is 1. The average molecular weight is 447 g/mol. The van der Waals surface area contributed by atoms with Gasteiger partial charge in [-0.2, -0.15) is 4.68 Å². The number of carbonyl (C=O) groups excluding carboxylic acids is 1. The van der Waals surface area contributed by atoms with Crippen LogP contribution in [-0.2, 0) is 13.5 Å². The fourth-order valence-electron chi connectivity index (χ4n) is 4.29. The number of ether oxygens (including phenoxy) is 1. The SMILES string of the molecule is CCCC(C)Oc1cc(-n2nc(CC)n(C)c2=O)c(F)cc1C(=O)NC1CCCCCC1. The molecule has 176 valence electrons. The molecule has 1 unspecified atom stereocenters. The van der Waals surface area contributed by atoms with Gasteiger partial charge in [0.25, 0.3) is 5.91 Å². The fourth-order valence-corrected chi connectivity index (χ4v) is 4.29. The minimum Gasteiger partial charge on any atom is -0.490 e. The molecule has 1 saturated carbocycles. The Morgan fingerprint density at radius 2 is 1.94 bits per heavy atom. The van der Waals surface area contributed by atoms with Crippen LogP contribution >= 0.6 is 0 Å². The molecule has 1 aliphatic rings. The summed E-state index contributed by atoms with van der Waals surface area (Å²) < 4.78 is 23.7. The van der Waals surface area contributed by atoms with Crippen LogP contribution in [0.1, 0.15) is 88.3 Å². The van der Waals surface area contributed by atoms with Crippen molar-refractivity contribution in [1.29, 1.82) is 0 Å². The van der Waals surface area contributed by atoms with E-state index >= 15 is 4.39 Å². The summed E-state index contributed by atoms with van der Waals surface area (Å²) in [7, 11) is 1.61. The summed E-state index contributed by atoms with van der Waals surface area (Å²) in [5.74, 6) is -0.214. The molecule has 0 saturated heterocycles. The first-order valence-corrected chi connectivity index (χ1v) is 11.8. The summed E-state index contributed by atoms with van der Waals surface area (Å²) in [5, 5.41) is 7.33. The van der Waals surface area contributed by atoms with E-state index in [0.29, 0.717) is 12.2 Å². The van der Waals surface area contributed by atoms with E-state index in [-0.39, 0.29) is 35.1 Å². The molecule has 3 rings (SSSR count). The first kappa shape index (κ1) is 24.0. The number of aromatic nitrogens is 3. The minimum absolute atomic E-state index is 0.0185. The molecular formula is C24H35FN4O3. The van der Waals surface area contributed by atoms with Crippen molar-refractivity contribution in [2.45, 2.75) is 90.7 Å². The van der Waals surface area contributed by atoms with Gasteiger partial charge in [0.05, 0.1) is 11.7 Å². The minimum atomic E-state index is -0.686. The molecule has 0 aliphatic heterocycles. The molecule has 1 heterocycles. The lowest BCUT2D eigenvalue weighted by molar-refractivity contribution is 0.0925. The van der Waals surface area contributed by atoms with Gasteiger partial charge in [0.15, 0.2) is 0 Å². The molecule has 0 spiro atoms. The number of hydrogen-bond acceptors (Lipinski definition) is 4. The zero-order valence-corrected chi connectivity index (χ0v) is 19.6. The van der Waals surface area contributed by atoms with Crippen LogP contribution in [0.15, 0.2) is 16.9 Å². The van der Waals surface area contributed by atoms with Crippen molar-refractivity contribution in [2.75, 3.05) is 0 Å². The number of amides is 1. The lowest BCUT2D eigenvalue weighted by Gasteiger charge is -2.20. The molecule has 1 aromatic carbocycles. The van der Waals surface area contributed by atoms with E-state index in [9.17, 15) is 9.59 Å². The Hall–Kier alpha value is -2.64. The lowest BCUT2D eigenvalue weighted by atomic mass is 10.1. The van der Waals surface area contributed by atoms with Gasteiger partial charge in [0.1, 0.15) is 23.1 Å². The number of hydrogen-bond donors (Lipinski definition) is 1. The maximum absolute atomic E-state index is 15.2. The van der Waals surface area contributed by atoms with Gasteiger partial charge in [0, 0.05) is 25.6 Å². The van der Waals surface area contributed by atoms with E-state index in [1.807, 2.05) is 13.8 Å². The third-order valence-corrected chi connectivity index (χ3v) is 6.12. The van der Waals surface area contributed by atoms with Gasteiger partial charge in [-0.1, -0.05) is 46.0 Å². The Morgan fingerprint density at radius 3 is 2.53 bits per heavy atom. The number of nitrogens with one attached hydrogen (secondary N) is 1. The molecule has 1 N–H and O–H groups in total. The largest absolute Gasteiger partial charge is 0.490 e. The van der Waals surface area contributed by atoms with Gasteiger partial charge >= 0.3 is 5.69 Å². The first-order valence-electron chi connectivity index (χ1n) is 11.8. The second kappa shape index (κ2) is 10.8. The average Bonchev–Trinajstić information content (AvgIpc) is 2.92. The molecule has 7 nitrogen and oxygen atoms in total. The van der Waals surface area contributed by atoms with Crippen molar-refractivity contribution in [3.8, 4) is 11.4 Å². The van der Waals surface area contributed by atoms with Crippen molar-refractivity contribution in [1.82, 2.24) is 19.7 Å². The van der Waals surface area contributed by atoms with Crippen molar-refractivity contribution in [2.24, 2.45) is 7.05 Å². The van der Waals surface area contributed by atoms with Crippen molar-refractivity contribution < 1.29 is 13.9 Å². The van der Waals surface area contributed by atoms with Gasteiger partial charge in [-0.15, -0.1) is 5.10 Å². The van der Waals surface area contributed by atoms with Crippen LogP contribution in [0.4, 0.5) is 4.39 Å². The van der Waals surface area contributed by atoms with Crippen LogP contribution in [0.5, 0.6) is 5.75 Å². The van der Waals surface area contributed by atoms with Crippen molar-refractivity contribution in [3.05, 3.63) is 39.8 Å². The highest BCUT2D eigenvalue weighted by molar-refractivity contribution is 5.97. The van der Waals surface area contributed by atoms with E-state index in [0.717, 1.165) is 43.2 Å². The fraction of sp³-hybridized carbons (Fsp3) is 0.625. The normalized spacial score (nSPS) is 15.9. The van der Waals surface area contributed by atoms with Crippen molar-refractivity contribution >= 4 is 5.91 Å². The van der Waals surface area contributed by atoms with E-state index < -0.39 is 11.5 Å². The van der Waals surface area contributed by atoms with E-state index in [1.54, 1.807) is 7.05 Å². The Bertz CT molecular complexity index is 990. The Kier molecular flexibility index (Phi) is 8.10. The Labute approximate surface area is 189 Å². The predicted octanol–water partition coefficient (Wildman–Crippen LogP) is 4.29. The number of carbonyl (C=O) groups is 1. The summed E-state index contributed by atoms with van der Waals surface area (Å²) >= 11 is 0. The summed E-state index contributed by atoms with van der Waals surface area (Å²) in [6.07, 6.45) is 8.46. The van der Waals surface area contributed by atoms with E-state index in [4.69, 9.17) is 4.74 Å². The van der Waals surface area contributed by atoms with Crippen LogP contribution in [0.25, 0.3) is 5.69 Å². The molecule has 32 heavy (non-hydrogen) atoms. The molecular weight excluding hydrogens is 411 g/mol. The maximum atomic E-state index is 15.2. The third-order valence-electron chi connectivity index (χ3n) is 6.12. The van der Waals surface area contributed by atoms with Gasteiger partial charge < -0.3 is 10.1 Å². The third kappa shape index (κ3) is 5.40. The lowest BCUT2D eigenvalue weighted by Crippen LogP contribution is -2.35. The monoisotopic (exact) mass is 446 g/mol. The zero-order valence-electron chi connectivity index (χ0n) is 19.6. The maximum Gasteiger partial charge on any atom is 0.350 e. The molecule has 1 atom stereocenters. The van der Waals surface area contributed by atoms with Crippen LogP contribution in [0.2, 0.25) is 0 Å². The van der Waals surface area contributed by atoms with E-state index in [1.165, 1.54) is 29.5 Å². The highest BCUT2D eigenvalue weighted by atomic mass is 19.1. The smallest absolute Gasteiger partial charge is 0.350 e. The topological polar surface area (TPSA) is 78.2 Å². The first-order chi connectivity index (χ1) is 15.3. The quantitative estimate of drug-likeness (QED) is 0.614. The summed E-state index contributed by atoms with van der Waals surface area (Å²) in [6.45, 7) is 5.85. The Balaban J connectivity index is 1.99. The molecule has 1 fully saturated rings. The van der Waals surface area contributed by atoms with Gasteiger partial charge in [-0.05, 0) is 32.3 Å². The summed E-state index contributed by atoms with van der Waals surface area (Å²) in [5.41, 5.74) is -0.308. The summed E-state index contributed by atoms with van der Waals surface area (Å²) in [4.78, 5) is 25.7. The van der Waals surface area contributed by atoms with Gasteiger partial charge in [-0.3, -0.25) is 9.36 Å². The number of nitrogens with zero attached hydrogens (tertiary/aromatic N) is 3. The molecule has 0 bridgehead atoms. The molecule has 1 aliphatic carbocycles. The Morgan fingerprint density at radius 1 is 1.25 bits per heavy atom. The zero-order chi connectivity index (χ0) is 23.3. The second-order valence-corrected chi connectivity index (χ2v) is 8.70. The number of benzene rings is 1. The van der Waals surface area contributed by atoms with Crippen LogP contribution in [-0.4, -0.2) is 32.4 Å². The highest BCUT2D eigenvalue weighted by Crippen LogP contribution is 2.28. The number of aryl methyl sites for hydroxylation is 1. The standard InChI is InChI=1S/C24H35FN4O3/c1-5-11-16(3)32-21-15-20(29-24(31)28(4)22(6-2)27-29)19(25)14-18(21)23(30)26-17-12-9-7-8-10-13-17/h14-17H,5-13H2,1-4H3,(H,26,30). The van der Waals surface area contributed by atoms with Gasteiger partial charge in [0.2, 0.25) is 0 Å².